The summed E-state index contributed by atoms with van der Waals surface area (Å²) in [6.45, 7) is 0.148. The van der Waals surface area contributed by atoms with Gasteiger partial charge in [0.1, 0.15) is 5.75 Å². The molecule has 19 heavy (non-hydrogen) atoms. The molecule has 0 fully saturated rings. The van der Waals surface area contributed by atoms with Gasteiger partial charge in [-0.2, -0.15) is 8.42 Å². The zero-order chi connectivity index (χ0) is 13.9. The Labute approximate surface area is 113 Å². The first-order chi connectivity index (χ1) is 8.99. The van der Waals surface area contributed by atoms with Crippen molar-refractivity contribution in [2.24, 2.45) is 0 Å². The molecule has 0 bridgehead atoms. The fraction of sp³-hybridized carbons (Fsp3) is 0.286. The molecule has 0 atom stereocenters. The first kappa shape index (κ1) is 13.8. The summed E-state index contributed by atoms with van der Waals surface area (Å²) in [4.78, 5) is 0. The molecule has 5 heteroatoms. The van der Waals surface area contributed by atoms with E-state index in [1.165, 1.54) is 0 Å². The monoisotopic (exact) mass is 280 g/mol. The summed E-state index contributed by atoms with van der Waals surface area (Å²) in [5.74, 6) is 0.781. The molecule has 0 saturated heterocycles. The summed E-state index contributed by atoms with van der Waals surface area (Å²) in [5, 5.41) is 2.15. The van der Waals surface area contributed by atoms with Gasteiger partial charge in [-0.15, -0.1) is 0 Å². The minimum absolute atomic E-state index is 0.148. The van der Waals surface area contributed by atoms with E-state index >= 15 is 0 Å². The average molecular weight is 280 g/mol. The van der Waals surface area contributed by atoms with Crippen LogP contribution in [0.15, 0.2) is 36.4 Å². The maximum atomic E-state index is 10.9. The summed E-state index contributed by atoms with van der Waals surface area (Å²) in [5.41, 5.74) is 1.04. The Bertz CT molecular complexity index is 677. The fourth-order valence-corrected chi connectivity index (χ4v) is 2.35. The molecule has 102 valence electrons. The van der Waals surface area contributed by atoms with Gasteiger partial charge in [-0.05, 0) is 34.9 Å². The van der Waals surface area contributed by atoms with Crippen LogP contribution < -0.4 is 4.74 Å². The van der Waals surface area contributed by atoms with Crippen molar-refractivity contribution in [3.63, 3.8) is 0 Å². The van der Waals surface area contributed by atoms with Crippen LogP contribution in [0.2, 0.25) is 0 Å². The van der Waals surface area contributed by atoms with Gasteiger partial charge >= 0.3 is 0 Å². The molecule has 0 saturated carbocycles. The van der Waals surface area contributed by atoms with Crippen molar-refractivity contribution >= 4 is 20.9 Å². The molecule has 0 heterocycles. The number of hydrogen-bond acceptors (Lipinski definition) is 4. The highest BCUT2D eigenvalue weighted by Crippen LogP contribution is 2.24. The third-order valence-corrected chi connectivity index (χ3v) is 3.44. The standard InChI is InChI=1S/C14H16O4S/c1-17-13-7-6-11-4-3-5-12(14(11)10-13)8-9-18-19(2,15)16/h3-7,10H,8-9H2,1-2H3. The molecule has 2 aromatic carbocycles. The van der Waals surface area contributed by atoms with Gasteiger partial charge in [0.15, 0.2) is 0 Å². The summed E-state index contributed by atoms with van der Waals surface area (Å²) >= 11 is 0. The van der Waals surface area contributed by atoms with Crippen molar-refractivity contribution in [2.75, 3.05) is 20.0 Å². The Morgan fingerprint density at radius 3 is 2.63 bits per heavy atom. The third kappa shape index (κ3) is 3.68. The largest absolute Gasteiger partial charge is 0.497 e. The van der Waals surface area contributed by atoms with Crippen molar-refractivity contribution in [3.8, 4) is 5.75 Å². The van der Waals surface area contributed by atoms with E-state index in [0.717, 1.165) is 28.3 Å². The zero-order valence-corrected chi connectivity index (χ0v) is 11.7. The number of methoxy groups -OCH3 is 1. The molecule has 0 aliphatic carbocycles. The van der Waals surface area contributed by atoms with Gasteiger partial charge in [-0.3, -0.25) is 4.18 Å². The van der Waals surface area contributed by atoms with Crippen LogP contribution >= 0.6 is 0 Å². The van der Waals surface area contributed by atoms with E-state index in [1.807, 2.05) is 36.4 Å². The zero-order valence-electron chi connectivity index (χ0n) is 10.9. The lowest BCUT2D eigenvalue weighted by molar-refractivity contribution is 0.326. The van der Waals surface area contributed by atoms with Gasteiger partial charge in [-0.1, -0.05) is 24.3 Å². The molecule has 0 aromatic heterocycles. The molecule has 2 aromatic rings. The average Bonchev–Trinajstić information content (AvgIpc) is 2.37. The molecule has 0 spiro atoms. The smallest absolute Gasteiger partial charge is 0.264 e. The van der Waals surface area contributed by atoms with Gasteiger partial charge in [0.25, 0.3) is 10.1 Å². The normalized spacial score (nSPS) is 11.7. The van der Waals surface area contributed by atoms with E-state index in [0.29, 0.717) is 6.42 Å². The topological polar surface area (TPSA) is 52.6 Å². The maximum absolute atomic E-state index is 10.9. The van der Waals surface area contributed by atoms with Crippen LogP contribution in [0, 0.1) is 0 Å². The van der Waals surface area contributed by atoms with E-state index in [9.17, 15) is 8.42 Å². The Morgan fingerprint density at radius 1 is 1.16 bits per heavy atom. The van der Waals surface area contributed by atoms with Crippen molar-refractivity contribution < 1.29 is 17.3 Å². The molecule has 4 nitrogen and oxygen atoms in total. The Hall–Kier alpha value is -1.59. The molecule has 0 aliphatic heterocycles. The van der Waals surface area contributed by atoms with Gasteiger partial charge < -0.3 is 4.74 Å². The summed E-state index contributed by atoms with van der Waals surface area (Å²) in [6, 6.07) is 11.8. The number of benzene rings is 2. The number of hydrogen-bond donors (Lipinski definition) is 0. The second kappa shape index (κ2) is 5.59. The fourth-order valence-electron chi connectivity index (χ4n) is 1.96. The molecule has 0 unspecified atom stereocenters. The quantitative estimate of drug-likeness (QED) is 0.789. The summed E-state index contributed by atoms with van der Waals surface area (Å²) in [6.07, 6.45) is 1.59. The predicted octanol–water partition coefficient (Wildman–Crippen LogP) is 2.37. The second-order valence-corrected chi connectivity index (χ2v) is 5.92. The van der Waals surface area contributed by atoms with Crippen LogP contribution in [-0.2, 0) is 20.7 Å². The van der Waals surface area contributed by atoms with E-state index in [4.69, 9.17) is 8.92 Å². The van der Waals surface area contributed by atoms with Crippen LogP contribution in [0.5, 0.6) is 5.75 Å². The van der Waals surface area contributed by atoms with Crippen LogP contribution in [0.3, 0.4) is 0 Å². The molecular weight excluding hydrogens is 264 g/mol. The lowest BCUT2D eigenvalue weighted by atomic mass is 10.0. The van der Waals surface area contributed by atoms with E-state index in [1.54, 1.807) is 7.11 Å². The number of fused-ring (bicyclic) bond motifs is 1. The van der Waals surface area contributed by atoms with Crippen molar-refractivity contribution in [2.45, 2.75) is 6.42 Å². The molecule has 0 amide bonds. The van der Waals surface area contributed by atoms with E-state index < -0.39 is 10.1 Å². The number of ether oxygens (including phenoxy) is 1. The predicted molar refractivity (Wildman–Crippen MR) is 75.0 cm³/mol. The highest BCUT2D eigenvalue weighted by atomic mass is 32.2. The van der Waals surface area contributed by atoms with Gasteiger partial charge in [0.05, 0.1) is 20.0 Å². The lowest BCUT2D eigenvalue weighted by Crippen LogP contribution is -2.06. The van der Waals surface area contributed by atoms with Crippen LogP contribution in [0.1, 0.15) is 5.56 Å². The molecule has 0 N–H and O–H groups in total. The first-order valence-electron chi connectivity index (χ1n) is 5.89. The molecule has 0 radical (unpaired) electrons. The highest BCUT2D eigenvalue weighted by molar-refractivity contribution is 7.85. The van der Waals surface area contributed by atoms with Crippen molar-refractivity contribution in [3.05, 3.63) is 42.0 Å². The molecule has 0 aliphatic rings. The van der Waals surface area contributed by atoms with Gasteiger partial charge in [0, 0.05) is 0 Å². The SMILES string of the molecule is COc1ccc2cccc(CCOS(C)(=O)=O)c2c1. The summed E-state index contributed by atoms with van der Waals surface area (Å²) < 4.78 is 31.9. The van der Waals surface area contributed by atoms with E-state index in [-0.39, 0.29) is 6.61 Å². The molecular formula is C14H16O4S. The van der Waals surface area contributed by atoms with Crippen molar-refractivity contribution in [1.29, 1.82) is 0 Å². The Kier molecular flexibility index (Phi) is 4.07. The van der Waals surface area contributed by atoms with Crippen LogP contribution in [-0.4, -0.2) is 28.4 Å². The Morgan fingerprint density at radius 2 is 1.95 bits per heavy atom. The van der Waals surface area contributed by atoms with Crippen LogP contribution in [0.25, 0.3) is 10.8 Å². The highest BCUT2D eigenvalue weighted by Gasteiger charge is 2.05. The van der Waals surface area contributed by atoms with E-state index in [2.05, 4.69) is 0 Å². The van der Waals surface area contributed by atoms with Crippen LogP contribution in [0.4, 0.5) is 0 Å². The maximum Gasteiger partial charge on any atom is 0.264 e. The van der Waals surface area contributed by atoms with Gasteiger partial charge in [0.2, 0.25) is 0 Å². The second-order valence-electron chi connectivity index (χ2n) is 4.28. The minimum Gasteiger partial charge on any atom is -0.497 e. The molecule has 2 rings (SSSR count). The number of rotatable bonds is 5. The third-order valence-electron chi connectivity index (χ3n) is 2.85. The summed E-state index contributed by atoms with van der Waals surface area (Å²) in [7, 11) is -1.76. The van der Waals surface area contributed by atoms with Crippen molar-refractivity contribution in [1.82, 2.24) is 0 Å². The Balaban J connectivity index is 2.27. The minimum atomic E-state index is -3.39. The lowest BCUT2D eigenvalue weighted by Gasteiger charge is -2.08. The van der Waals surface area contributed by atoms with Gasteiger partial charge in [-0.25, -0.2) is 0 Å². The first-order valence-corrected chi connectivity index (χ1v) is 7.71.